The Morgan fingerprint density at radius 3 is 2.76 bits per heavy atom. The molecular weight excluding hydrogens is 330 g/mol. The zero-order valence-electron chi connectivity index (χ0n) is 12.4. The molecule has 4 heteroatoms. The summed E-state index contributed by atoms with van der Waals surface area (Å²) in [5.74, 6) is -0.0673. The molecule has 0 radical (unpaired) electrons. The van der Waals surface area contributed by atoms with Crippen molar-refractivity contribution < 1.29 is 9.90 Å². The first-order valence-corrected chi connectivity index (χ1v) is 8.35. The topological polar surface area (TPSA) is 40.5 Å². The first-order valence-electron chi connectivity index (χ1n) is 7.55. The molecule has 0 atom stereocenters. The molecule has 1 fully saturated rings. The van der Waals surface area contributed by atoms with Gasteiger partial charge in [-0.3, -0.25) is 0 Å². The number of hydrogen-bond donors (Lipinski definition) is 1. The van der Waals surface area contributed by atoms with Crippen LogP contribution < -0.4 is 4.90 Å². The van der Waals surface area contributed by atoms with Crippen LogP contribution in [-0.4, -0.2) is 24.2 Å². The third-order valence-corrected chi connectivity index (χ3v) is 4.54. The van der Waals surface area contributed by atoms with E-state index in [2.05, 4.69) is 33.8 Å². The number of hydrogen-bond acceptors (Lipinski definition) is 2. The molecule has 0 aromatic heterocycles. The van der Waals surface area contributed by atoms with E-state index in [0.717, 1.165) is 34.7 Å². The van der Waals surface area contributed by atoms with E-state index in [-0.39, 0.29) is 0 Å². The number of aliphatic carboxylic acids is 1. The van der Waals surface area contributed by atoms with Crippen LogP contribution in [0.1, 0.15) is 38.2 Å². The van der Waals surface area contributed by atoms with Gasteiger partial charge in [0.15, 0.2) is 0 Å². The fourth-order valence-electron chi connectivity index (χ4n) is 2.98. The van der Waals surface area contributed by atoms with Crippen LogP contribution >= 0.6 is 15.9 Å². The van der Waals surface area contributed by atoms with Crippen LogP contribution in [0.3, 0.4) is 0 Å². The van der Waals surface area contributed by atoms with Gasteiger partial charge in [0.25, 0.3) is 0 Å². The van der Waals surface area contributed by atoms with Gasteiger partial charge in [0, 0.05) is 29.3 Å². The van der Waals surface area contributed by atoms with Crippen LogP contribution in [0.4, 0.5) is 5.69 Å². The van der Waals surface area contributed by atoms with Crippen LogP contribution in [-0.2, 0) is 4.79 Å². The van der Waals surface area contributed by atoms with Crippen molar-refractivity contribution in [3.05, 3.63) is 34.3 Å². The highest BCUT2D eigenvalue weighted by Crippen LogP contribution is 2.30. The Kier molecular flexibility index (Phi) is 5.85. The lowest BCUT2D eigenvalue weighted by Gasteiger charge is -2.34. The van der Waals surface area contributed by atoms with Crippen molar-refractivity contribution in [3.63, 3.8) is 0 Å². The normalized spacial score (nSPS) is 16.6. The largest absolute Gasteiger partial charge is 0.478 e. The molecule has 0 unspecified atom stereocenters. The summed E-state index contributed by atoms with van der Waals surface area (Å²) in [5, 5.41) is 8.83. The number of halogens is 1. The van der Waals surface area contributed by atoms with E-state index in [0.29, 0.717) is 0 Å². The summed E-state index contributed by atoms with van der Waals surface area (Å²) in [6, 6.07) is 6.07. The highest BCUT2D eigenvalue weighted by molar-refractivity contribution is 9.10. The second kappa shape index (κ2) is 7.64. The van der Waals surface area contributed by atoms with Gasteiger partial charge in [0.05, 0.1) is 0 Å². The SMILES string of the molecule is CCCC1CCN(c2ccc(Br)cc2/C=C/C(=O)O)CC1. The maximum atomic E-state index is 10.7. The number of rotatable bonds is 5. The summed E-state index contributed by atoms with van der Waals surface area (Å²) in [5.41, 5.74) is 2.09. The van der Waals surface area contributed by atoms with Crippen LogP contribution in [0.15, 0.2) is 28.7 Å². The molecule has 0 aliphatic carbocycles. The summed E-state index contributed by atoms with van der Waals surface area (Å²) >= 11 is 3.46. The Hall–Kier alpha value is -1.29. The maximum Gasteiger partial charge on any atom is 0.328 e. The van der Waals surface area contributed by atoms with Crippen LogP contribution in [0, 0.1) is 5.92 Å². The van der Waals surface area contributed by atoms with Crippen molar-refractivity contribution in [2.45, 2.75) is 32.6 Å². The average molecular weight is 352 g/mol. The highest BCUT2D eigenvalue weighted by Gasteiger charge is 2.20. The van der Waals surface area contributed by atoms with Gasteiger partial charge in [-0.05, 0) is 48.6 Å². The molecule has 21 heavy (non-hydrogen) atoms. The molecule has 0 spiro atoms. The molecule has 1 saturated heterocycles. The Morgan fingerprint density at radius 1 is 1.43 bits per heavy atom. The molecule has 1 aromatic rings. The van der Waals surface area contributed by atoms with Gasteiger partial charge < -0.3 is 10.0 Å². The molecule has 3 nitrogen and oxygen atoms in total. The number of anilines is 1. The van der Waals surface area contributed by atoms with Crippen molar-refractivity contribution in [3.8, 4) is 0 Å². The Balaban J connectivity index is 2.14. The van der Waals surface area contributed by atoms with Crippen molar-refractivity contribution in [2.75, 3.05) is 18.0 Å². The van der Waals surface area contributed by atoms with E-state index < -0.39 is 5.97 Å². The molecule has 0 bridgehead atoms. The quantitative estimate of drug-likeness (QED) is 0.790. The standard InChI is InChI=1S/C17H22BrNO2/c1-2-3-13-8-10-19(11-9-13)16-6-5-15(18)12-14(16)4-7-17(20)21/h4-7,12-13H,2-3,8-11H2,1H3,(H,20,21)/b7-4+. The summed E-state index contributed by atoms with van der Waals surface area (Å²) < 4.78 is 0.970. The Morgan fingerprint density at radius 2 is 2.14 bits per heavy atom. The molecule has 1 heterocycles. The maximum absolute atomic E-state index is 10.7. The van der Waals surface area contributed by atoms with Gasteiger partial charge in [-0.15, -0.1) is 0 Å². The molecule has 1 aliphatic heterocycles. The van der Waals surface area contributed by atoms with Crippen LogP contribution in [0.5, 0.6) is 0 Å². The fourth-order valence-corrected chi connectivity index (χ4v) is 3.36. The minimum atomic E-state index is -0.914. The lowest BCUT2D eigenvalue weighted by atomic mass is 9.92. The van der Waals surface area contributed by atoms with E-state index >= 15 is 0 Å². The third-order valence-electron chi connectivity index (χ3n) is 4.05. The van der Waals surface area contributed by atoms with E-state index in [1.807, 2.05) is 12.1 Å². The van der Waals surface area contributed by atoms with Crippen molar-refractivity contribution in [1.29, 1.82) is 0 Å². The van der Waals surface area contributed by atoms with Gasteiger partial charge in [-0.2, -0.15) is 0 Å². The molecule has 114 valence electrons. The van der Waals surface area contributed by atoms with Gasteiger partial charge in [0.2, 0.25) is 0 Å². The monoisotopic (exact) mass is 351 g/mol. The molecule has 1 aliphatic rings. The zero-order valence-corrected chi connectivity index (χ0v) is 14.0. The van der Waals surface area contributed by atoms with Gasteiger partial charge in [0.1, 0.15) is 0 Å². The van der Waals surface area contributed by atoms with Crippen molar-refractivity contribution in [1.82, 2.24) is 0 Å². The van der Waals surface area contributed by atoms with Crippen LogP contribution in [0.25, 0.3) is 6.08 Å². The predicted molar refractivity (Wildman–Crippen MR) is 90.7 cm³/mol. The van der Waals surface area contributed by atoms with E-state index in [9.17, 15) is 4.79 Å². The molecule has 2 rings (SSSR count). The summed E-state index contributed by atoms with van der Waals surface area (Å²) in [4.78, 5) is 13.1. The van der Waals surface area contributed by atoms with E-state index in [1.165, 1.54) is 31.8 Å². The third kappa shape index (κ3) is 4.60. The first-order chi connectivity index (χ1) is 10.1. The molecule has 0 saturated carbocycles. The average Bonchev–Trinajstić information content (AvgIpc) is 2.46. The van der Waals surface area contributed by atoms with Crippen molar-refractivity contribution in [2.24, 2.45) is 5.92 Å². The fraction of sp³-hybridized carbons (Fsp3) is 0.471. The Bertz CT molecular complexity index is 520. The number of carboxylic acids is 1. The second-order valence-electron chi connectivity index (χ2n) is 5.59. The van der Waals surface area contributed by atoms with Gasteiger partial charge in [-0.25, -0.2) is 4.79 Å². The first kappa shape index (κ1) is 16.1. The highest BCUT2D eigenvalue weighted by atomic mass is 79.9. The number of carbonyl (C=O) groups is 1. The van der Waals surface area contributed by atoms with Gasteiger partial charge in [-0.1, -0.05) is 35.7 Å². The number of piperidine rings is 1. The lowest BCUT2D eigenvalue weighted by Crippen LogP contribution is -2.34. The number of benzene rings is 1. The number of nitrogens with zero attached hydrogens (tertiary/aromatic N) is 1. The molecule has 1 N–H and O–H groups in total. The Labute approximate surface area is 134 Å². The summed E-state index contributed by atoms with van der Waals surface area (Å²) in [6.07, 6.45) is 7.92. The molecule has 1 aromatic carbocycles. The summed E-state index contributed by atoms with van der Waals surface area (Å²) in [7, 11) is 0. The minimum absolute atomic E-state index is 0.847. The lowest BCUT2D eigenvalue weighted by molar-refractivity contribution is -0.131. The predicted octanol–water partition coefficient (Wildman–Crippen LogP) is 4.56. The molecular formula is C17H22BrNO2. The molecule has 0 amide bonds. The second-order valence-corrected chi connectivity index (χ2v) is 6.51. The zero-order chi connectivity index (χ0) is 15.2. The van der Waals surface area contributed by atoms with Crippen molar-refractivity contribution >= 4 is 33.7 Å². The minimum Gasteiger partial charge on any atom is -0.478 e. The summed E-state index contributed by atoms with van der Waals surface area (Å²) in [6.45, 7) is 4.36. The van der Waals surface area contributed by atoms with E-state index in [4.69, 9.17) is 5.11 Å². The smallest absolute Gasteiger partial charge is 0.328 e. The van der Waals surface area contributed by atoms with Crippen LogP contribution in [0.2, 0.25) is 0 Å². The van der Waals surface area contributed by atoms with Gasteiger partial charge >= 0.3 is 5.97 Å². The number of carboxylic acid groups (broad SMARTS) is 1. The van der Waals surface area contributed by atoms with E-state index in [1.54, 1.807) is 6.08 Å².